The molecule has 0 bridgehead atoms. The largest absolute Gasteiger partial charge is 0.356 e. The van der Waals surface area contributed by atoms with Gasteiger partial charge in [0.05, 0.1) is 11.9 Å². The van der Waals surface area contributed by atoms with Gasteiger partial charge in [0.15, 0.2) is 0 Å². The van der Waals surface area contributed by atoms with Crippen molar-refractivity contribution in [3.8, 4) is 0 Å². The van der Waals surface area contributed by atoms with Crippen LogP contribution in [0.15, 0.2) is 48.5 Å². The Bertz CT molecular complexity index is 897. The number of nitrogens with zero attached hydrogens (tertiary/aromatic N) is 1. The molecule has 0 saturated heterocycles. The Kier molecular flexibility index (Phi) is 9.30. The Morgan fingerprint density at radius 1 is 0.967 bits per heavy atom. The van der Waals surface area contributed by atoms with Gasteiger partial charge in [-0.25, -0.2) is 12.8 Å². The summed E-state index contributed by atoms with van der Waals surface area (Å²) in [6.45, 7) is 2.84. The average molecular weight is 435 g/mol. The second-order valence-electron chi connectivity index (χ2n) is 7.44. The first-order valence-corrected chi connectivity index (χ1v) is 12.2. The van der Waals surface area contributed by atoms with Crippen molar-refractivity contribution in [2.75, 3.05) is 23.7 Å². The first-order chi connectivity index (χ1) is 14.3. The molecule has 2 aromatic carbocycles. The van der Waals surface area contributed by atoms with Crippen LogP contribution in [-0.2, 0) is 27.7 Å². The predicted molar refractivity (Wildman–Crippen MR) is 120 cm³/mol. The number of anilines is 1. The number of unbranched alkanes of at least 4 members (excludes halogenated alkanes) is 1. The fourth-order valence-electron chi connectivity index (χ4n) is 3.17. The Balaban J connectivity index is 1.81. The summed E-state index contributed by atoms with van der Waals surface area (Å²) in [5, 5.41) is 2.82. The number of nitrogens with one attached hydrogen (secondary N) is 1. The molecule has 30 heavy (non-hydrogen) atoms. The molecule has 0 aliphatic rings. The number of halogens is 1. The summed E-state index contributed by atoms with van der Waals surface area (Å²) >= 11 is 0. The standard InChI is InChI=1S/C23H31FN2O3S/c1-3-4-6-19-10-14-22(15-11-19)26(30(2,28)29)18-5-7-23(27)25-17-16-20-8-12-21(24)13-9-20/h8-15H,3-7,16-18H2,1-2H3,(H,25,27). The monoisotopic (exact) mass is 434 g/mol. The first kappa shape index (κ1) is 23.9. The Morgan fingerprint density at radius 2 is 1.57 bits per heavy atom. The average Bonchev–Trinajstić information content (AvgIpc) is 2.71. The molecule has 0 spiro atoms. The van der Waals surface area contributed by atoms with Crippen LogP contribution in [-0.4, -0.2) is 33.7 Å². The topological polar surface area (TPSA) is 66.5 Å². The van der Waals surface area contributed by atoms with E-state index in [1.54, 1.807) is 12.1 Å². The molecule has 7 heteroatoms. The van der Waals surface area contributed by atoms with Crippen molar-refractivity contribution >= 4 is 21.6 Å². The van der Waals surface area contributed by atoms with Gasteiger partial charge in [-0.1, -0.05) is 37.6 Å². The third-order valence-electron chi connectivity index (χ3n) is 4.86. The van der Waals surface area contributed by atoms with Gasteiger partial charge in [0, 0.05) is 19.5 Å². The summed E-state index contributed by atoms with van der Waals surface area (Å²) in [6.07, 6.45) is 5.66. The zero-order valence-corrected chi connectivity index (χ0v) is 18.6. The number of rotatable bonds is 12. The lowest BCUT2D eigenvalue weighted by Crippen LogP contribution is -2.32. The minimum Gasteiger partial charge on any atom is -0.356 e. The van der Waals surface area contributed by atoms with Gasteiger partial charge in [-0.15, -0.1) is 0 Å². The highest BCUT2D eigenvalue weighted by Gasteiger charge is 2.17. The lowest BCUT2D eigenvalue weighted by atomic mass is 10.1. The summed E-state index contributed by atoms with van der Waals surface area (Å²) in [4.78, 5) is 12.1. The molecule has 0 aliphatic carbocycles. The van der Waals surface area contributed by atoms with Crippen molar-refractivity contribution in [2.45, 2.75) is 45.4 Å². The number of hydrogen-bond acceptors (Lipinski definition) is 3. The van der Waals surface area contributed by atoms with E-state index >= 15 is 0 Å². The SMILES string of the molecule is CCCCc1ccc(N(CCCC(=O)NCCc2ccc(F)cc2)S(C)(=O)=O)cc1. The maximum absolute atomic E-state index is 12.9. The predicted octanol–water partition coefficient (Wildman–Crippen LogP) is 4.07. The minimum absolute atomic E-state index is 0.125. The van der Waals surface area contributed by atoms with E-state index in [0.717, 1.165) is 24.8 Å². The molecule has 0 heterocycles. The smallest absolute Gasteiger partial charge is 0.232 e. The van der Waals surface area contributed by atoms with Gasteiger partial charge >= 0.3 is 0 Å². The molecule has 0 aromatic heterocycles. The first-order valence-electron chi connectivity index (χ1n) is 10.4. The van der Waals surface area contributed by atoms with Crippen LogP contribution >= 0.6 is 0 Å². The highest BCUT2D eigenvalue weighted by Crippen LogP contribution is 2.20. The van der Waals surface area contributed by atoms with E-state index in [4.69, 9.17) is 0 Å². The summed E-state index contributed by atoms with van der Waals surface area (Å²) in [5.41, 5.74) is 2.76. The summed E-state index contributed by atoms with van der Waals surface area (Å²) in [5.74, 6) is -0.408. The van der Waals surface area contributed by atoms with E-state index in [2.05, 4.69) is 12.2 Å². The van der Waals surface area contributed by atoms with Gasteiger partial charge < -0.3 is 5.32 Å². The molecule has 164 valence electrons. The molecule has 0 atom stereocenters. The Hall–Kier alpha value is -2.41. The molecular weight excluding hydrogens is 403 g/mol. The van der Waals surface area contributed by atoms with Crippen molar-refractivity contribution < 1.29 is 17.6 Å². The highest BCUT2D eigenvalue weighted by molar-refractivity contribution is 7.92. The Morgan fingerprint density at radius 3 is 2.17 bits per heavy atom. The van der Waals surface area contributed by atoms with Gasteiger partial charge in [-0.2, -0.15) is 0 Å². The molecule has 2 aromatic rings. The lowest BCUT2D eigenvalue weighted by Gasteiger charge is -2.22. The molecular formula is C23H31FN2O3S. The van der Waals surface area contributed by atoms with E-state index in [1.807, 2.05) is 24.3 Å². The quantitative estimate of drug-likeness (QED) is 0.548. The number of amides is 1. The van der Waals surface area contributed by atoms with Crippen molar-refractivity contribution in [2.24, 2.45) is 0 Å². The maximum atomic E-state index is 12.9. The molecule has 0 fully saturated rings. The van der Waals surface area contributed by atoms with Gasteiger partial charge in [-0.3, -0.25) is 9.10 Å². The minimum atomic E-state index is -3.43. The van der Waals surface area contributed by atoms with Gasteiger partial charge in [0.2, 0.25) is 15.9 Å². The highest BCUT2D eigenvalue weighted by atomic mass is 32.2. The van der Waals surface area contributed by atoms with Crippen LogP contribution in [0.1, 0.15) is 43.7 Å². The fourth-order valence-corrected chi connectivity index (χ4v) is 4.13. The van der Waals surface area contributed by atoms with Crippen LogP contribution < -0.4 is 9.62 Å². The van der Waals surface area contributed by atoms with Crippen LogP contribution in [0.3, 0.4) is 0 Å². The normalized spacial score (nSPS) is 11.3. The second-order valence-corrected chi connectivity index (χ2v) is 9.34. The molecule has 2 rings (SSSR count). The molecule has 0 saturated carbocycles. The second kappa shape index (κ2) is 11.7. The number of sulfonamides is 1. The van der Waals surface area contributed by atoms with Crippen LogP contribution in [0.4, 0.5) is 10.1 Å². The summed E-state index contributed by atoms with van der Waals surface area (Å²) in [6, 6.07) is 13.8. The summed E-state index contributed by atoms with van der Waals surface area (Å²) in [7, 11) is -3.43. The van der Waals surface area contributed by atoms with Gasteiger partial charge in [0.1, 0.15) is 5.82 Å². The van der Waals surface area contributed by atoms with Crippen molar-refractivity contribution in [1.82, 2.24) is 5.32 Å². The van der Waals surface area contributed by atoms with E-state index in [9.17, 15) is 17.6 Å². The lowest BCUT2D eigenvalue weighted by molar-refractivity contribution is -0.121. The van der Waals surface area contributed by atoms with Crippen LogP contribution in [0.25, 0.3) is 0 Å². The zero-order valence-electron chi connectivity index (χ0n) is 17.7. The van der Waals surface area contributed by atoms with Crippen LogP contribution in [0.5, 0.6) is 0 Å². The third kappa shape index (κ3) is 8.14. The number of benzene rings is 2. The number of aryl methyl sites for hydroxylation is 1. The van der Waals surface area contributed by atoms with E-state index in [-0.39, 0.29) is 24.7 Å². The Labute approximate surface area is 179 Å². The summed E-state index contributed by atoms with van der Waals surface area (Å²) < 4.78 is 38.7. The van der Waals surface area contributed by atoms with E-state index in [0.29, 0.717) is 25.1 Å². The van der Waals surface area contributed by atoms with Gasteiger partial charge in [-0.05, 0) is 61.1 Å². The maximum Gasteiger partial charge on any atom is 0.232 e. The molecule has 1 amide bonds. The molecule has 0 radical (unpaired) electrons. The van der Waals surface area contributed by atoms with Crippen LogP contribution in [0.2, 0.25) is 0 Å². The third-order valence-corrected chi connectivity index (χ3v) is 6.05. The molecule has 0 unspecified atom stereocenters. The van der Waals surface area contributed by atoms with E-state index in [1.165, 1.54) is 28.3 Å². The number of carbonyl (C=O) groups is 1. The number of carbonyl (C=O) groups excluding carboxylic acids is 1. The number of hydrogen-bond donors (Lipinski definition) is 1. The molecule has 5 nitrogen and oxygen atoms in total. The van der Waals surface area contributed by atoms with Crippen LogP contribution in [0, 0.1) is 5.82 Å². The zero-order chi connectivity index (χ0) is 22.0. The fraction of sp³-hybridized carbons (Fsp3) is 0.435. The van der Waals surface area contributed by atoms with Crippen molar-refractivity contribution in [1.29, 1.82) is 0 Å². The van der Waals surface area contributed by atoms with Gasteiger partial charge in [0.25, 0.3) is 0 Å². The van der Waals surface area contributed by atoms with E-state index < -0.39 is 10.0 Å². The molecule has 1 N–H and O–H groups in total. The molecule has 0 aliphatic heterocycles. The van der Waals surface area contributed by atoms with Crippen molar-refractivity contribution in [3.63, 3.8) is 0 Å². The van der Waals surface area contributed by atoms with Crippen molar-refractivity contribution in [3.05, 3.63) is 65.5 Å².